The van der Waals surface area contributed by atoms with Crippen LogP contribution in [0.15, 0.2) is 90.0 Å². The zero-order valence-electron chi connectivity index (χ0n) is 19.0. The lowest BCUT2D eigenvalue weighted by atomic mass is 10.1. The highest BCUT2D eigenvalue weighted by Crippen LogP contribution is 2.17. The molecule has 0 aliphatic carbocycles. The first kappa shape index (κ1) is 22.7. The molecule has 0 radical (unpaired) electrons. The molecular weight excluding hydrogens is 426 g/mol. The Morgan fingerprint density at radius 2 is 1.68 bits per heavy atom. The number of rotatable bonds is 7. The first-order valence-corrected chi connectivity index (χ1v) is 10.9. The van der Waals surface area contributed by atoms with Crippen molar-refractivity contribution in [1.82, 2.24) is 5.43 Å². The largest absolute Gasteiger partial charge is 0.484 e. The molecule has 0 saturated heterocycles. The molecule has 170 valence electrons. The lowest BCUT2D eigenvalue weighted by Gasteiger charge is -2.09. The highest BCUT2D eigenvalue weighted by molar-refractivity contribution is 5.99. The molecule has 6 nitrogen and oxygen atoms in total. The number of anilines is 1. The molecule has 0 fully saturated rings. The number of ether oxygens (including phenoxy) is 1. The molecule has 0 heterocycles. The van der Waals surface area contributed by atoms with E-state index in [4.69, 9.17) is 4.74 Å². The number of aryl methyl sites for hydroxylation is 2. The molecule has 0 unspecified atom stereocenters. The molecule has 6 heteroatoms. The maximum Gasteiger partial charge on any atom is 0.271 e. The van der Waals surface area contributed by atoms with Gasteiger partial charge in [-0.3, -0.25) is 9.59 Å². The fourth-order valence-corrected chi connectivity index (χ4v) is 3.41. The molecular formula is C28H25N3O3. The van der Waals surface area contributed by atoms with Gasteiger partial charge in [-0.15, -0.1) is 0 Å². The molecule has 34 heavy (non-hydrogen) atoms. The summed E-state index contributed by atoms with van der Waals surface area (Å²) in [5.74, 6) is -0.0116. The van der Waals surface area contributed by atoms with E-state index in [-0.39, 0.29) is 18.4 Å². The minimum atomic E-state index is -0.294. The van der Waals surface area contributed by atoms with Crippen LogP contribution in [0.3, 0.4) is 0 Å². The van der Waals surface area contributed by atoms with Crippen molar-refractivity contribution in [3.05, 3.63) is 107 Å². The van der Waals surface area contributed by atoms with E-state index < -0.39 is 0 Å². The van der Waals surface area contributed by atoms with Crippen LogP contribution in [-0.2, 0) is 4.79 Å². The number of carbonyl (C=O) groups excluding carboxylic acids is 2. The van der Waals surface area contributed by atoms with Crippen LogP contribution in [0, 0.1) is 13.8 Å². The van der Waals surface area contributed by atoms with Gasteiger partial charge in [0.15, 0.2) is 6.61 Å². The minimum Gasteiger partial charge on any atom is -0.484 e. The van der Waals surface area contributed by atoms with Crippen LogP contribution in [0.2, 0.25) is 0 Å². The van der Waals surface area contributed by atoms with Crippen LogP contribution in [0.1, 0.15) is 27.0 Å². The third-order valence-electron chi connectivity index (χ3n) is 5.41. The number of hydrogen-bond donors (Lipinski definition) is 2. The van der Waals surface area contributed by atoms with E-state index in [2.05, 4.69) is 15.8 Å². The Bertz CT molecular complexity index is 1380. The first-order valence-electron chi connectivity index (χ1n) is 10.9. The molecule has 4 aromatic rings. The maximum absolute atomic E-state index is 12.4. The molecule has 2 amide bonds. The summed E-state index contributed by atoms with van der Waals surface area (Å²) >= 11 is 0. The summed E-state index contributed by atoms with van der Waals surface area (Å²) < 4.78 is 5.61. The van der Waals surface area contributed by atoms with Gasteiger partial charge in [0.05, 0.1) is 6.21 Å². The molecule has 4 aromatic carbocycles. The third-order valence-corrected chi connectivity index (χ3v) is 5.41. The molecule has 4 rings (SSSR count). The van der Waals surface area contributed by atoms with Crippen molar-refractivity contribution >= 4 is 34.5 Å². The standard InChI is InChI=1S/C28H25N3O3/c1-19-10-13-25(14-20(19)2)30-27(32)18-34-26-9-5-6-21(15-26)17-29-31-28(33)24-12-11-22-7-3-4-8-23(22)16-24/h3-17H,18H2,1-2H3,(H,30,32)(H,31,33)/b29-17-. The normalized spacial score (nSPS) is 10.9. The lowest BCUT2D eigenvalue weighted by molar-refractivity contribution is -0.118. The van der Waals surface area contributed by atoms with Crippen molar-refractivity contribution < 1.29 is 14.3 Å². The third kappa shape index (κ3) is 5.86. The molecule has 0 spiro atoms. The van der Waals surface area contributed by atoms with Gasteiger partial charge in [0.2, 0.25) is 0 Å². The van der Waals surface area contributed by atoms with Crippen molar-refractivity contribution in [2.75, 3.05) is 11.9 Å². The van der Waals surface area contributed by atoms with Crippen molar-refractivity contribution in [2.45, 2.75) is 13.8 Å². The SMILES string of the molecule is Cc1ccc(NC(=O)COc2cccc(/C=N\NC(=O)c3ccc4ccccc4c3)c2)cc1C. The first-order chi connectivity index (χ1) is 16.5. The Morgan fingerprint density at radius 3 is 2.50 bits per heavy atom. The van der Waals surface area contributed by atoms with Crippen LogP contribution in [-0.4, -0.2) is 24.6 Å². The van der Waals surface area contributed by atoms with Crippen LogP contribution >= 0.6 is 0 Å². The molecule has 0 aromatic heterocycles. The predicted octanol–water partition coefficient (Wildman–Crippen LogP) is 5.24. The Labute approximate surface area is 198 Å². The molecule has 0 atom stereocenters. The van der Waals surface area contributed by atoms with Gasteiger partial charge in [-0.05, 0) is 77.7 Å². The topological polar surface area (TPSA) is 79.8 Å². The van der Waals surface area contributed by atoms with Crippen LogP contribution in [0.4, 0.5) is 5.69 Å². The van der Waals surface area contributed by atoms with Gasteiger partial charge in [-0.2, -0.15) is 5.10 Å². The number of nitrogens with zero attached hydrogens (tertiary/aromatic N) is 1. The summed E-state index contributed by atoms with van der Waals surface area (Å²) in [6.45, 7) is 3.90. The summed E-state index contributed by atoms with van der Waals surface area (Å²) in [5.41, 5.74) is 6.81. The maximum atomic E-state index is 12.4. The monoisotopic (exact) mass is 451 g/mol. The van der Waals surface area contributed by atoms with E-state index in [0.29, 0.717) is 11.3 Å². The highest BCUT2D eigenvalue weighted by Gasteiger charge is 2.06. The zero-order chi connectivity index (χ0) is 23.9. The van der Waals surface area contributed by atoms with Crippen molar-refractivity contribution in [3.8, 4) is 5.75 Å². The molecule has 2 N–H and O–H groups in total. The van der Waals surface area contributed by atoms with Gasteiger partial charge >= 0.3 is 0 Å². The van der Waals surface area contributed by atoms with Crippen molar-refractivity contribution in [1.29, 1.82) is 0 Å². The fraction of sp³-hybridized carbons (Fsp3) is 0.107. The number of hydrazone groups is 1. The average Bonchev–Trinajstić information content (AvgIpc) is 2.85. The van der Waals surface area contributed by atoms with Crippen LogP contribution in [0.5, 0.6) is 5.75 Å². The summed E-state index contributed by atoms with van der Waals surface area (Å²) in [5, 5.41) is 8.94. The summed E-state index contributed by atoms with van der Waals surface area (Å²) in [7, 11) is 0. The van der Waals surface area contributed by atoms with Gasteiger partial charge < -0.3 is 10.1 Å². The van der Waals surface area contributed by atoms with E-state index in [0.717, 1.165) is 27.6 Å². The fourth-order valence-electron chi connectivity index (χ4n) is 3.41. The van der Waals surface area contributed by atoms with Crippen LogP contribution < -0.4 is 15.5 Å². The van der Waals surface area contributed by atoms with Gasteiger partial charge in [-0.1, -0.05) is 48.5 Å². The number of nitrogens with one attached hydrogen (secondary N) is 2. The Morgan fingerprint density at radius 1 is 0.853 bits per heavy atom. The summed E-state index contributed by atoms with van der Waals surface area (Å²) in [6, 6.07) is 26.2. The number of fused-ring (bicyclic) bond motifs is 1. The number of carbonyl (C=O) groups is 2. The predicted molar refractivity (Wildman–Crippen MR) is 135 cm³/mol. The summed E-state index contributed by atoms with van der Waals surface area (Å²) in [4.78, 5) is 24.6. The second-order valence-corrected chi connectivity index (χ2v) is 7.97. The second-order valence-electron chi connectivity index (χ2n) is 7.97. The number of hydrogen-bond acceptors (Lipinski definition) is 4. The average molecular weight is 452 g/mol. The Hall–Kier alpha value is -4.45. The molecule has 0 bridgehead atoms. The van der Waals surface area contributed by atoms with Crippen molar-refractivity contribution in [3.63, 3.8) is 0 Å². The summed E-state index contributed by atoms with van der Waals surface area (Å²) in [6.07, 6.45) is 1.53. The molecule has 0 aliphatic heterocycles. The second kappa shape index (κ2) is 10.4. The molecule has 0 aliphatic rings. The minimum absolute atomic E-state index is 0.119. The van der Waals surface area contributed by atoms with E-state index >= 15 is 0 Å². The van der Waals surface area contributed by atoms with Gasteiger partial charge in [0, 0.05) is 11.3 Å². The quantitative estimate of drug-likeness (QED) is 0.298. The van der Waals surface area contributed by atoms with E-state index in [1.54, 1.807) is 24.3 Å². The lowest BCUT2D eigenvalue weighted by Crippen LogP contribution is -2.20. The van der Waals surface area contributed by atoms with Crippen molar-refractivity contribution in [2.24, 2.45) is 5.10 Å². The van der Waals surface area contributed by atoms with Crippen LogP contribution in [0.25, 0.3) is 10.8 Å². The van der Waals surface area contributed by atoms with E-state index in [9.17, 15) is 9.59 Å². The Balaban J connectivity index is 1.31. The number of benzene rings is 4. The van der Waals surface area contributed by atoms with Gasteiger partial charge in [-0.25, -0.2) is 5.43 Å². The number of amides is 2. The zero-order valence-corrected chi connectivity index (χ0v) is 19.0. The Kier molecular flexibility index (Phi) is 6.98. The van der Waals surface area contributed by atoms with E-state index in [1.807, 2.05) is 74.5 Å². The highest BCUT2D eigenvalue weighted by atomic mass is 16.5. The molecule has 0 saturated carbocycles. The van der Waals surface area contributed by atoms with Gasteiger partial charge in [0.25, 0.3) is 11.8 Å². The van der Waals surface area contributed by atoms with E-state index in [1.165, 1.54) is 11.8 Å². The van der Waals surface area contributed by atoms with Gasteiger partial charge in [0.1, 0.15) is 5.75 Å². The smallest absolute Gasteiger partial charge is 0.271 e.